The van der Waals surface area contributed by atoms with Crippen LogP contribution in [0.15, 0.2) is 47.4 Å². The van der Waals surface area contributed by atoms with Gasteiger partial charge in [0.1, 0.15) is 0 Å². The third-order valence-electron chi connectivity index (χ3n) is 3.81. The normalized spacial score (nSPS) is 11.8. The molecule has 0 aliphatic heterocycles. The Bertz CT molecular complexity index is 805. The van der Waals surface area contributed by atoms with Crippen molar-refractivity contribution in [3.63, 3.8) is 0 Å². The molecule has 2 aromatic carbocycles. The summed E-state index contributed by atoms with van der Waals surface area (Å²) in [7, 11) is -3.82. The monoisotopic (exact) mass is 350 g/mol. The van der Waals surface area contributed by atoms with Crippen LogP contribution in [0.3, 0.4) is 0 Å². The number of benzene rings is 2. The van der Waals surface area contributed by atoms with Crippen LogP contribution >= 0.6 is 0 Å². The zero-order valence-electron chi connectivity index (χ0n) is 13.6. The van der Waals surface area contributed by atoms with E-state index in [-0.39, 0.29) is 11.4 Å². The minimum absolute atomic E-state index is 0.142. The fourth-order valence-electron chi connectivity index (χ4n) is 2.49. The molecule has 0 atom stereocenters. The first-order valence-electron chi connectivity index (χ1n) is 7.91. The number of hydroxylamine groups is 1. The van der Waals surface area contributed by atoms with Gasteiger partial charge in [0.2, 0.25) is 10.0 Å². The molecular weight excluding hydrogens is 328 g/mol. The van der Waals surface area contributed by atoms with E-state index in [1.165, 1.54) is 5.48 Å². The summed E-state index contributed by atoms with van der Waals surface area (Å²) in [5, 5.41) is 10.5. The highest BCUT2D eigenvalue weighted by Crippen LogP contribution is 2.22. The topological polar surface area (TPSA) is 86.7 Å². The van der Waals surface area contributed by atoms with Crippen LogP contribution in [0, 0.1) is 0 Å². The molecular formula is C17H22N2O4S. The molecule has 0 saturated carbocycles. The summed E-state index contributed by atoms with van der Waals surface area (Å²) in [5.41, 5.74) is 1.49. The van der Waals surface area contributed by atoms with Crippen LogP contribution in [-0.4, -0.2) is 36.9 Å². The molecule has 2 aromatic rings. The van der Waals surface area contributed by atoms with Crippen LogP contribution in [-0.2, 0) is 14.8 Å². The van der Waals surface area contributed by atoms with Gasteiger partial charge in [-0.05, 0) is 29.3 Å². The Balaban J connectivity index is 2.34. The van der Waals surface area contributed by atoms with Gasteiger partial charge in [0.25, 0.3) is 5.91 Å². The van der Waals surface area contributed by atoms with Crippen LogP contribution < -0.4 is 5.48 Å². The maximum absolute atomic E-state index is 12.9. The molecule has 130 valence electrons. The van der Waals surface area contributed by atoms with Gasteiger partial charge in [-0.1, -0.05) is 50.1 Å². The number of carbonyl (C=O) groups is 1. The van der Waals surface area contributed by atoms with E-state index in [1.807, 2.05) is 31.2 Å². The number of amides is 1. The minimum Gasteiger partial charge on any atom is -0.289 e. The molecule has 0 radical (unpaired) electrons. The van der Waals surface area contributed by atoms with Crippen molar-refractivity contribution >= 4 is 26.7 Å². The van der Waals surface area contributed by atoms with E-state index < -0.39 is 22.5 Å². The lowest BCUT2D eigenvalue weighted by atomic mass is 10.1. The van der Waals surface area contributed by atoms with Crippen LogP contribution in [0.1, 0.15) is 26.2 Å². The van der Waals surface area contributed by atoms with Crippen LogP contribution in [0.5, 0.6) is 0 Å². The molecule has 24 heavy (non-hydrogen) atoms. The van der Waals surface area contributed by atoms with Crippen LogP contribution in [0.2, 0.25) is 0 Å². The molecule has 0 aliphatic rings. The highest BCUT2D eigenvalue weighted by Gasteiger charge is 2.26. The first kappa shape index (κ1) is 18.4. The predicted molar refractivity (Wildman–Crippen MR) is 92.2 cm³/mol. The number of hydrogen-bond acceptors (Lipinski definition) is 4. The highest BCUT2D eigenvalue weighted by molar-refractivity contribution is 7.89. The van der Waals surface area contributed by atoms with Gasteiger partial charge in [-0.25, -0.2) is 13.9 Å². The molecule has 0 unspecified atom stereocenters. The molecule has 0 saturated heterocycles. The molecule has 6 nitrogen and oxygen atoms in total. The van der Waals surface area contributed by atoms with Gasteiger partial charge in [-0.15, -0.1) is 0 Å². The van der Waals surface area contributed by atoms with Crippen molar-refractivity contribution in [1.82, 2.24) is 9.79 Å². The summed E-state index contributed by atoms with van der Waals surface area (Å²) in [4.78, 5) is 11.6. The SMILES string of the molecule is CCCCCN(CC(=O)NO)S(=O)(=O)c1ccc2ccccc2c1. The number of unbranched alkanes of at least 4 members (excludes halogenated alkanes) is 2. The van der Waals surface area contributed by atoms with Crippen molar-refractivity contribution in [3.05, 3.63) is 42.5 Å². The number of hydrogen-bond donors (Lipinski definition) is 2. The zero-order valence-corrected chi connectivity index (χ0v) is 14.4. The van der Waals surface area contributed by atoms with Gasteiger partial charge in [-0.2, -0.15) is 4.31 Å². The summed E-state index contributed by atoms with van der Waals surface area (Å²) in [6.07, 6.45) is 2.46. The number of nitrogens with zero attached hydrogens (tertiary/aromatic N) is 1. The van der Waals surface area contributed by atoms with E-state index in [2.05, 4.69) is 0 Å². The van der Waals surface area contributed by atoms with Crippen LogP contribution in [0.25, 0.3) is 10.8 Å². The first-order chi connectivity index (χ1) is 11.5. The van der Waals surface area contributed by atoms with Gasteiger partial charge in [0, 0.05) is 6.54 Å². The largest absolute Gasteiger partial charge is 0.289 e. The molecule has 1 amide bonds. The van der Waals surface area contributed by atoms with Crippen molar-refractivity contribution < 1.29 is 18.4 Å². The first-order valence-corrected chi connectivity index (χ1v) is 9.35. The molecule has 0 fully saturated rings. The van der Waals surface area contributed by atoms with E-state index in [0.29, 0.717) is 6.42 Å². The molecule has 0 aliphatic carbocycles. The Kier molecular flexibility index (Phi) is 6.30. The van der Waals surface area contributed by atoms with Crippen molar-refractivity contribution in [2.24, 2.45) is 0 Å². The maximum Gasteiger partial charge on any atom is 0.258 e. The predicted octanol–water partition coefficient (Wildman–Crippen LogP) is 2.53. The van der Waals surface area contributed by atoms with Gasteiger partial charge in [0.05, 0.1) is 11.4 Å². The zero-order chi connectivity index (χ0) is 17.6. The lowest BCUT2D eigenvalue weighted by Crippen LogP contribution is -2.40. The van der Waals surface area contributed by atoms with Gasteiger partial charge >= 0.3 is 0 Å². The lowest BCUT2D eigenvalue weighted by molar-refractivity contribution is -0.129. The second kappa shape index (κ2) is 8.23. The number of nitrogens with one attached hydrogen (secondary N) is 1. The second-order valence-corrected chi connectivity index (χ2v) is 7.53. The van der Waals surface area contributed by atoms with Gasteiger partial charge in [0.15, 0.2) is 0 Å². The average molecular weight is 350 g/mol. The number of rotatable bonds is 8. The summed E-state index contributed by atoms with van der Waals surface area (Å²) < 4.78 is 26.9. The number of fused-ring (bicyclic) bond motifs is 1. The van der Waals surface area contributed by atoms with Crippen molar-refractivity contribution in [2.75, 3.05) is 13.1 Å². The summed E-state index contributed by atoms with van der Waals surface area (Å²) >= 11 is 0. The molecule has 2 N–H and O–H groups in total. The lowest BCUT2D eigenvalue weighted by Gasteiger charge is -2.21. The van der Waals surface area contributed by atoms with Gasteiger partial charge < -0.3 is 0 Å². The average Bonchev–Trinajstić information content (AvgIpc) is 2.60. The molecule has 0 spiro atoms. The van der Waals surface area contributed by atoms with E-state index in [0.717, 1.165) is 27.9 Å². The second-order valence-electron chi connectivity index (χ2n) is 5.59. The highest BCUT2D eigenvalue weighted by atomic mass is 32.2. The third-order valence-corrected chi connectivity index (χ3v) is 5.66. The smallest absolute Gasteiger partial charge is 0.258 e. The standard InChI is InChI=1S/C17H22N2O4S/c1-2-3-6-11-19(13-17(20)18-21)24(22,23)16-10-9-14-7-4-5-8-15(14)12-16/h4-5,7-10,12,21H,2-3,6,11,13H2,1H3,(H,18,20). The quantitative estimate of drug-likeness (QED) is 0.435. The Morgan fingerprint density at radius 1 is 1.12 bits per heavy atom. The van der Waals surface area contributed by atoms with Gasteiger partial charge in [-0.3, -0.25) is 10.0 Å². The molecule has 0 heterocycles. The summed E-state index contributed by atoms with van der Waals surface area (Å²) in [6.45, 7) is 1.84. The van der Waals surface area contributed by atoms with E-state index >= 15 is 0 Å². The van der Waals surface area contributed by atoms with Crippen LogP contribution in [0.4, 0.5) is 0 Å². The minimum atomic E-state index is -3.82. The Hall–Kier alpha value is -1.96. The molecule has 0 aromatic heterocycles. The molecule has 0 bridgehead atoms. The van der Waals surface area contributed by atoms with E-state index in [1.54, 1.807) is 18.2 Å². The number of carbonyl (C=O) groups excluding carboxylic acids is 1. The Labute approximate surface area is 142 Å². The summed E-state index contributed by atoms with van der Waals surface area (Å²) in [5.74, 6) is -0.754. The number of sulfonamides is 1. The Morgan fingerprint density at radius 3 is 2.50 bits per heavy atom. The van der Waals surface area contributed by atoms with E-state index in [9.17, 15) is 13.2 Å². The van der Waals surface area contributed by atoms with Crippen molar-refractivity contribution in [1.29, 1.82) is 0 Å². The van der Waals surface area contributed by atoms with E-state index in [4.69, 9.17) is 5.21 Å². The third kappa shape index (κ3) is 4.31. The van der Waals surface area contributed by atoms with Crippen molar-refractivity contribution in [3.8, 4) is 0 Å². The fraction of sp³-hybridized carbons (Fsp3) is 0.353. The maximum atomic E-state index is 12.9. The fourth-order valence-corrected chi connectivity index (χ4v) is 3.97. The molecule has 2 rings (SSSR count). The van der Waals surface area contributed by atoms with Crippen molar-refractivity contribution in [2.45, 2.75) is 31.1 Å². The molecule has 7 heteroatoms. The summed E-state index contributed by atoms with van der Waals surface area (Å²) in [6, 6.07) is 12.4. The Morgan fingerprint density at radius 2 is 1.83 bits per heavy atom.